The van der Waals surface area contributed by atoms with Crippen molar-refractivity contribution in [3.05, 3.63) is 97.2 Å². The van der Waals surface area contributed by atoms with Gasteiger partial charge in [0.15, 0.2) is 6.29 Å². The summed E-state index contributed by atoms with van der Waals surface area (Å²) in [7, 11) is 0. The molecule has 6 N–H and O–H groups in total. The lowest BCUT2D eigenvalue weighted by atomic mass is 9.99. The maximum atomic E-state index is 13.0. The van der Waals surface area contributed by atoms with Crippen LogP contribution in [0, 0.1) is 0 Å². The minimum Gasteiger partial charge on any atom is -0.394 e. The minimum absolute atomic E-state index is 0.150. The Bertz CT molecular complexity index is 1350. The normalized spacial score (nSPS) is 20.6. The molecule has 1 saturated heterocycles. The molecule has 0 aliphatic carbocycles. The van der Waals surface area contributed by atoms with Crippen LogP contribution in [0.5, 0.6) is 0 Å². The number of allylic oxidation sites excluding steroid dienone is 16. The number of aliphatic hydroxyl groups is 5. The Kier molecular flexibility index (Phi) is 42.5. The first-order valence-electron chi connectivity index (χ1n) is 26.4. The third-order valence-corrected chi connectivity index (χ3v) is 12.0. The van der Waals surface area contributed by atoms with Crippen molar-refractivity contribution in [1.82, 2.24) is 5.32 Å². The summed E-state index contributed by atoms with van der Waals surface area (Å²) in [6.45, 7) is 3.69. The first-order chi connectivity index (χ1) is 32.3. The van der Waals surface area contributed by atoms with E-state index in [9.17, 15) is 30.3 Å². The van der Waals surface area contributed by atoms with E-state index in [2.05, 4.69) is 116 Å². The Labute approximate surface area is 403 Å². The molecule has 1 amide bonds. The van der Waals surface area contributed by atoms with Gasteiger partial charge in [0, 0.05) is 6.42 Å². The fraction of sp³-hybridized carbons (Fsp3) is 0.702. The van der Waals surface area contributed by atoms with Crippen molar-refractivity contribution in [2.24, 2.45) is 0 Å². The summed E-state index contributed by atoms with van der Waals surface area (Å²) in [4.78, 5) is 13.0. The topological polar surface area (TPSA) is 149 Å². The number of carbonyl (C=O) groups excluding carboxylic acids is 1. The quantitative estimate of drug-likeness (QED) is 0.0262. The Morgan fingerprint density at radius 3 is 1.39 bits per heavy atom. The van der Waals surface area contributed by atoms with Gasteiger partial charge in [0.2, 0.25) is 5.91 Å². The highest BCUT2D eigenvalue weighted by molar-refractivity contribution is 5.76. The van der Waals surface area contributed by atoms with Crippen molar-refractivity contribution in [1.29, 1.82) is 0 Å². The molecule has 0 aromatic rings. The predicted octanol–water partition coefficient (Wildman–Crippen LogP) is 12.5. The molecule has 1 aliphatic heterocycles. The van der Waals surface area contributed by atoms with E-state index in [-0.39, 0.29) is 12.5 Å². The van der Waals surface area contributed by atoms with Crippen LogP contribution in [-0.2, 0) is 14.3 Å². The Morgan fingerprint density at radius 1 is 0.530 bits per heavy atom. The van der Waals surface area contributed by atoms with Crippen LogP contribution in [-0.4, -0.2) is 87.5 Å². The Hall–Kier alpha value is -2.89. The van der Waals surface area contributed by atoms with Crippen LogP contribution in [0.15, 0.2) is 97.2 Å². The zero-order valence-corrected chi connectivity index (χ0v) is 41.7. The molecule has 0 spiro atoms. The van der Waals surface area contributed by atoms with Gasteiger partial charge < -0.3 is 40.3 Å². The lowest BCUT2D eigenvalue weighted by molar-refractivity contribution is -0.302. The monoisotopic (exact) mass is 924 g/mol. The maximum absolute atomic E-state index is 13.0. The second-order valence-corrected chi connectivity index (χ2v) is 17.9. The fourth-order valence-electron chi connectivity index (χ4n) is 7.76. The summed E-state index contributed by atoms with van der Waals surface area (Å²) >= 11 is 0. The Balaban J connectivity index is 2.23. The molecule has 0 saturated carbocycles. The number of amides is 1. The molecule has 378 valence electrons. The standard InChI is InChI=1S/C57H97NO8/c1-3-5-7-9-11-13-15-17-18-19-20-21-22-23-24-25-26-27-28-29-30-31-32-33-34-35-37-39-41-43-45-47-53(61)58-50(49-65-57-56(64)55(63)54(62)52(48-59)66-57)51(60)46-44-42-40-38-36-16-14-12-10-8-6-4-2/h5,7,11,13,17-18,20-21,23-24,26-27,29-30,32-33,50-52,54-57,59-60,62-64H,3-4,6,8-10,12,14-16,19,22,25,28,31,34-49H2,1-2H3,(H,58,61)/b7-5-,13-11-,18-17-,21-20-,24-23-,27-26-,30-29-,33-32-. The molecule has 0 aromatic heterocycles. The number of aliphatic hydroxyl groups excluding tert-OH is 5. The van der Waals surface area contributed by atoms with Gasteiger partial charge in [0.25, 0.3) is 0 Å². The van der Waals surface area contributed by atoms with Gasteiger partial charge in [-0.2, -0.15) is 0 Å². The average Bonchev–Trinajstić information content (AvgIpc) is 3.32. The molecule has 7 atom stereocenters. The van der Waals surface area contributed by atoms with Gasteiger partial charge in [-0.25, -0.2) is 0 Å². The van der Waals surface area contributed by atoms with Crippen LogP contribution in [0.3, 0.4) is 0 Å². The molecule has 1 rings (SSSR count). The van der Waals surface area contributed by atoms with Crippen LogP contribution in [0.2, 0.25) is 0 Å². The molecule has 1 heterocycles. The highest BCUT2D eigenvalue weighted by Crippen LogP contribution is 2.23. The molecule has 66 heavy (non-hydrogen) atoms. The summed E-state index contributed by atoms with van der Waals surface area (Å²) < 4.78 is 11.3. The van der Waals surface area contributed by atoms with Crippen LogP contribution in [0.4, 0.5) is 0 Å². The van der Waals surface area contributed by atoms with Crippen molar-refractivity contribution in [2.75, 3.05) is 13.2 Å². The zero-order valence-electron chi connectivity index (χ0n) is 41.7. The molecular weight excluding hydrogens is 827 g/mol. The van der Waals surface area contributed by atoms with E-state index < -0.39 is 49.5 Å². The van der Waals surface area contributed by atoms with E-state index in [1.807, 2.05) is 0 Å². The minimum atomic E-state index is -1.56. The first kappa shape index (κ1) is 61.1. The molecule has 1 aliphatic rings. The molecule has 0 aromatic carbocycles. The molecule has 9 heteroatoms. The molecule has 7 unspecified atom stereocenters. The third-order valence-electron chi connectivity index (χ3n) is 12.0. The molecule has 9 nitrogen and oxygen atoms in total. The van der Waals surface area contributed by atoms with E-state index in [0.717, 1.165) is 116 Å². The van der Waals surface area contributed by atoms with Crippen molar-refractivity contribution in [3.8, 4) is 0 Å². The van der Waals surface area contributed by atoms with Crippen LogP contribution in [0.1, 0.15) is 200 Å². The first-order valence-corrected chi connectivity index (χ1v) is 26.4. The second-order valence-electron chi connectivity index (χ2n) is 17.9. The van der Waals surface area contributed by atoms with Crippen LogP contribution < -0.4 is 5.32 Å². The Morgan fingerprint density at radius 2 is 0.939 bits per heavy atom. The number of rotatable bonds is 43. The fourth-order valence-corrected chi connectivity index (χ4v) is 7.76. The van der Waals surface area contributed by atoms with Gasteiger partial charge in [0.05, 0.1) is 25.4 Å². The van der Waals surface area contributed by atoms with Crippen LogP contribution in [0.25, 0.3) is 0 Å². The highest BCUT2D eigenvalue weighted by atomic mass is 16.7. The smallest absolute Gasteiger partial charge is 0.220 e. The molecule has 0 bridgehead atoms. The van der Waals surface area contributed by atoms with Crippen molar-refractivity contribution < 1.29 is 39.8 Å². The van der Waals surface area contributed by atoms with Gasteiger partial charge in [-0.05, 0) is 77.0 Å². The lowest BCUT2D eigenvalue weighted by Crippen LogP contribution is -2.60. The van der Waals surface area contributed by atoms with E-state index in [4.69, 9.17) is 9.47 Å². The van der Waals surface area contributed by atoms with E-state index >= 15 is 0 Å². The SMILES string of the molecule is CC/C=C\C/C=C\C/C=C\C/C=C\C/C=C\C/C=C\C/C=C\C/C=C\CCCCCCCCC(=O)NC(COC1OC(CO)C(O)C(O)C1O)C(O)CCCCCCCCCCCCCC. The summed E-state index contributed by atoms with van der Waals surface area (Å²) in [6.07, 6.45) is 58.5. The highest BCUT2D eigenvalue weighted by Gasteiger charge is 2.44. The third kappa shape index (κ3) is 35.3. The van der Waals surface area contributed by atoms with Crippen LogP contribution >= 0.6 is 0 Å². The van der Waals surface area contributed by atoms with Crippen molar-refractivity contribution in [3.63, 3.8) is 0 Å². The second kappa shape index (κ2) is 45.9. The molecule has 1 fully saturated rings. The van der Waals surface area contributed by atoms with E-state index in [1.165, 1.54) is 57.8 Å². The van der Waals surface area contributed by atoms with Crippen molar-refractivity contribution in [2.45, 2.75) is 243 Å². The molecular formula is C57H97NO8. The number of hydrogen-bond acceptors (Lipinski definition) is 8. The largest absolute Gasteiger partial charge is 0.394 e. The van der Waals surface area contributed by atoms with Gasteiger partial charge in [-0.1, -0.05) is 214 Å². The zero-order chi connectivity index (χ0) is 48.0. The predicted molar refractivity (Wildman–Crippen MR) is 276 cm³/mol. The lowest BCUT2D eigenvalue weighted by Gasteiger charge is -2.40. The van der Waals surface area contributed by atoms with Gasteiger partial charge in [-0.3, -0.25) is 4.79 Å². The number of carbonyl (C=O) groups is 1. The van der Waals surface area contributed by atoms with E-state index in [0.29, 0.717) is 12.8 Å². The summed E-state index contributed by atoms with van der Waals surface area (Å²) in [6, 6.07) is -0.733. The number of nitrogens with one attached hydrogen (secondary N) is 1. The summed E-state index contributed by atoms with van der Waals surface area (Å²) in [5.74, 6) is -0.164. The van der Waals surface area contributed by atoms with Gasteiger partial charge in [0.1, 0.15) is 24.4 Å². The van der Waals surface area contributed by atoms with Gasteiger partial charge in [-0.15, -0.1) is 0 Å². The number of hydrogen-bond donors (Lipinski definition) is 6. The molecule has 0 radical (unpaired) electrons. The van der Waals surface area contributed by atoms with E-state index in [1.54, 1.807) is 0 Å². The number of ether oxygens (including phenoxy) is 2. The number of unbranched alkanes of at least 4 members (excludes halogenated alkanes) is 17. The average molecular weight is 924 g/mol. The summed E-state index contributed by atoms with van der Waals surface area (Å²) in [5, 5.41) is 54.4. The van der Waals surface area contributed by atoms with Crippen molar-refractivity contribution >= 4 is 5.91 Å². The van der Waals surface area contributed by atoms with Gasteiger partial charge >= 0.3 is 0 Å². The maximum Gasteiger partial charge on any atom is 0.220 e. The summed E-state index contributed by atoms with van der Waals surface area (Å²) in [5.41, 5.74) is 0.